The van der Waals surface area contributed by atoms with Crippen LogP contribution in [0.1, 0.15) is 10.5 Å². The molecular formula is C15H11N3O2. The Morgan fingerprint density at radius 1 is 1.05 bits per heavy atom. The molecule has 0 saturated carbocycles. The minimum Gasteiger partial charge on any atom is -0.355 e. The molecule has 0 aliphatic rings. The van der Waals surface area contributed by atoms with Gasteiger partial charge in [-0.1, -0.05) is 41.6 Å². The highest BCUT2D eigenvalue weighted by Crippen LogP contribution is 2.20. The van der Waals surface area contributed by atoms with Crippen LogP contribution in [0.2, 0.25) is 0 Å². The molecule has 2 aromatic heterocycles. The summed E-state index contributed by atoms with van der Waals surface area (Å²) in [5, 5.41) is 6.42. The fraction of sp³-hybridized carbons (Fsp3) is 0. The van der Waals surface area contributed by atoms with E-state index in [1.165, 1.54) is 0 Å². The summed E-state index contributed by atoms with van der Waals surface area (Å²) in [6.45, 7) is 0. The van der Waals surface area contributed by atoms with Gasteiger partial charge in [0.2, 0.25) is 0 Å². The molecule has 2 heterocycles. The van der Waals surface area contributed by atoms with Crippen molar-refractivity contribution in [2.24, 2.45) is 0 Å². The third-order valence-electron chi connectivity index (χ3n) is 2.71. The topological polar surface area (TPSA) is 68.0 Å². The summed E-state index contributed by atoms with van der Waals surface area (Å²) >= 11 is 0. The SMILES string of the molecule is O=C(Nc1ccccn1)c1cc(-c2ccccc2)on1. The quantitative estimate of drug-likeness (QED) is 0.790. The van der Waals surface area contributed by atoms with Crippen molar-refractivity contribution in [2.75, 3.05) is 5.32 Å². The van der Waals surface area contributed by atoms with Gasteiger partial charge in [0.25, 0.3) is 5.91 Å². The van der Waals surface area contributed by atoms with Crippen LogP contribution in [-0.4, -0.2) is 16.0 Å². The van der Waals surface area contributed by atoms with E-state index in [1.807, 2.05) is 30.3 Å². The van der Waals surface area contributed by atoms with Crippen molar-refractivity contribution < 1.29 is 9.32 Å². The molecular weight excluding hydrogens is 254 g/mol. The van der Waals surface area contributed by atoms with E-state index in [0.29, 0.717) is 11.6 Å². The van der Waals surface area contributed by atoms with Gasteiger partial charge in [-0.2, -0.15) is 0 Å². The molecule has 5 heteroatoms. The van der Waals surface area contributed by atoms with Gasteiger partial charge in [-0.05, 0) is 12.1 Å². The number of nitrogens with zero attached hydrogens (tertiary/aromatic N) is 2. The van der Waals surface area contributed by atoms with Crippen molar-refractivity contribution in [3.8, 4) is 11.3 Å². The van der Waals surface area contributed by atoms with Crippen LogP contribution in [0, 0.1) is 0 Å². The zero-order valence-corrected chi connectivity index (χ0v) is 10.5. The smallest absolute Gasteiger partial charge is 0.279 e. The van der Waals surface area contributed by atoms with Gasteiger partial charge in [0.15, 0.2) is 11.5 Å². The van der Waals surface area contributed by atoms with Crippen LogP contribution in [0.3, 0.4) is 0 Å². The number of carbonyl (C=O) groups excluding carboxylic acids is 1. The van der Waals surface area contributed by atoms with Crippen molar-refractivity contribution in [1.29, 1.82) is 0 Å². The number of aromatic nitrogens is 2. The molecule has 0 radical (unpaired) electrons. The third kappa shape index (κ3) is 2.56. The summed E-state index contributed by atoms with van der Waals surface area (Å²) in [5.74, 6) is 0.674. The number of hydrogen-bond donors (Lipinski definition) is 1. The maximum atomic E-state index is 12.0. The first kappa shape index (κ1) is 12.1. The Labute approximate surface area is 115 Å². The molecule has 0 spiro atoms. The summed E-state index contributed by atoms with van der Waals surface area (Å²) in [7, 11) is 0. The Kier molecular flexibility index (Phi) is 3.24. The highest BCUT2D eigenvalue weighted by molar-refractivity contribution is 6.02. The molecule has 3 rings (SSSR count). The summed E-state index contributed by atoms with van der Waals surface area (Å²) in [6.07, 6.45) is 1.60. The number of anilines is 1. The summed E-state index contributed by atoms with van der Waals surface area (Å²) in [4.78, 5) is 16.0. The van der Waals surface area contributed by atoms with E-state index >= 15 is 0 Å². The highest BCUT2D eigenvalue weighted by Gasteiger charge is 2.13. The lowest BCUT2D eigenvalue weighted by Gasteiger charge is -1.99. The predicted molar refractivity (Wildman–Crippen MR) is 74.1 cm³/mol. The minimum atomic E-state index is -0.352. The van der Waals surface area contributed by atoms with Gasteiger partial charge in [-0.3, -0.25) is 4.79 Å². The normalized spacial score (nSPS) is 10.2. The van der Waals surface area contributed by atoms with Gasteiger partial charge in [0.05, 0.1) is 0 Å². The van der Waals surface area contributed by atoms with E-state index in [4.69, 9.17) is 4.52 Å². The van der Waals surface area contributed by atoms with Crippen molar-refractivity contribution in [1.82, 2.24) is 10.1 Å². The molecule has 0 aliphatic heterocycles. The monoisotopic (exact) mass is 265 g/mol. The molecule has 5 nitrogen and oxygen atoms in total. The largest absolute Gasteiger partial charge is 0.355 e. The van der Waals surface area contributed by atoms with E-state index in [2.05, 4.69) is 15.5 Å². The molecule has 98 valence electrons. The van der Waals surface area contributed by atoms with Crippen LogP contribution < -0.4 is 5.32 Å². The van der Waals surface area contributed by atoms with Crippen LogP contribution in [0.4, 0.5) is 5.82 Å². The maximum Gasteiger partial charge on any atom is 0.279 e. The minimum absolute atomic E-state index is 0.217. The first-order valence-electron chi connectivity index (χ1n) is 6.07. The Bertz CT molecular complexity index is 708. The lowest BCUT2D eigenvalue weighted by molar-refractivity contribution is 0.101. The molecule has 0 bridgehead atoms. The molecule has 1 N–H and O–H groups in total. The number of rotatable bonds is 3. The molecule has 1 amide bonds. The molecule has 0 atom stereocenters. The second-order valence-electron chi connectivity index (χ2n) is 4.11. The Morgan fingerprint density at radius 2 is 1.85 bits per heavy atom. The van der Waals surface area contributed by atoms with Crippen LogP contribution in [0.5, 0.6) is 0 Å². The van der Waals surface area contributed by atoms with Crippen molar-refractivity contribution in [3.05, 3.63) is 66.5 Å². The molecule has 20 heavy (non-hydrogen) atoms. The molecule has 0 fully saturated rings. The molecule has 3 aromatic rings. The van der Waals surface area contributed by atoms with Gasteiger partial charge in [-0.25, -0.2) is 4.98 Å². The number of pyridine rings is 1. The summed E-state index contributed by atoms with van der Waals surface area (Å²) in [6, 6.07) is 16.4. The van der Waals surface area contributed by atoms with Crippen LogP contribution in [0.25, 0.3) is 11.3 Å². The molecule has 0 aliphatic carbocycles. The fourth-order valence-electron chi connectivity index (χ4n) is 1.74. The average molecular weight is 265 g/mol. The van der Waals surface area contributed by atoms with E-state index < -0.39 is 0 Å². The van der Waals surface area contributed by atoms with E-state index in [0.717, 1.165) is 5.56 Å². The summed E-state index contributed by atoms with van der Waals surface area (Å²) < 4.78 is 5.18. The zero-order valence-electron chi connectivity index (χ0n) is 10.5. The highest BCUT2D eigenvalue weighted by atomic mass is 16.5. The van der Waals surface area contributed by atoms with Gasteiger partial charge in [0.1, 0.15) is 5.82 Å². The third-order valence-corrected chi connectivity index (χ3v) is 2.71. The number of nitrogens with one attached hydrogen (secondary N) is 1. The molecule has 0 saturated heterocycles. The lowest BCUT2D eigenvalue weighted by atomic mass is 10.1. The van der Waals surface area contributed by atoms with Crippen molar-refractivity contribution in [2.45, 2.75) is 0 Å². The van der Waals surface area contributed by atoms with Crippen LogP contribution >= 0.6 is 0 Å². The second-order valence-corrected chi connectivity index (χ2v) is 4.11. The van der Waals surface area contributed by atoms with E-state index in [-0.39, 0.29) is 11.6 Å². The van der Waals surface area contributed by atoms with E-state index in [9.17, 15) is 4.79 Å². The van der Waals surface area contributed by atoms with E-state index in [1.54, 1.807) is 30.5 Å². The van der Waals surface area contributed by atoms with Gasteiger partial charge < -0.3 is 9.84 Å². The number of amides is 1. The predicted octanol–water partition coefficient (Wildman–Crippen LogP) is 2.99. The summed E-state index contributed by atoms with van der Waals surface area (Å²) in [5.41, 5.74) is 1.09. The van der Waals surface area contributed by atoms with Crippen LogP contribution in [-0.2, 0) is 0 Å². The molecule has 1 aromatic carbocycles. The average Bonchev–Trinajstić information content (AvgIpc) is 2.99. The maximum absolute atomic E-state index is 12.0. The van der Waals surface area contributed by atoms with Crippen molar-refractivity contribution >= 4 is 11.7 Å². The Balaban J connectivity index is 1.79. The second kappa shape index (κ2) is 5.36. The van der Waals surface area contributed by atoms with Crippen molar-refractivity contribution in [3.63, 3.8) is 0 Å². The number of carbonyl (C=O) groups is 1. The zero-order chi connectivity index (χ0) is 13.8. The van der Waals surface area contributed by atoms with Crippen LogP contribution in [0.15, 0.2) is 65.3 Å². The standard InChI is InChI=1S/C15H11N3O2/c19-15(17-14-8-4-5-9-16-14)12-10-13(20-18-12)11-6-2-1-3-7-11/h1-10H,(H,16,17,19). The first-order valence-corrected chi connectivity index (χ1v) is 6.07. The van der Waals surface area contributed by atoms with Gasteiger partial charge >= 0.3 is 0 Å². The number of benzene rings is 1. The van der Waals surface area contributed by atoms with Gasteiger partial charge in [0, 0.05) is 17.8 Å². The Hall–Kier alpha value is -2.95. The molecule has 0 unspecified atom stereocenters. The first-order chi connectivity index (χ1) is 9.83. The number of hydrogen-bond acceptors (Lipinski definition) is 4. The van der Waals surface area contributed by atoms with Gasteiger partial charge in [-0.15, -0.1) is 0 Å². The fourth-order valence-corrected chi connectivity index (χ4v) is 1.74. The lowest BCUT2D eigenvalue weighted by Crippen LogP contribution is -2.12. The Morgan fingerprint density at radius 3 is 2.60 bits per heavy atom.